The van der Waals surface area contributed by atoms with Crippen molar-refractivity contribution in [1.82, 2.24) is 13.3 Å². The molecule has 1 amide bonds. The van der Waals surface area contributed by atoms with Crippen molar-refractivity contribution in [1.29, 1.82) is 0 Å². The standard InChI is InChI=1S/C7H9N3O3S2/c1-4-2-9(3-5(11)10(14)15)7(13)8-6(4)12/h2,14-15H,3H2,1H3,(H,8,12,13). The molecule has 0 aliphatic rings. The molecule has 0 bridgehead atoms. The fourth-order valence-electron chi connectivity index (χ4n) is 0.945. The van der Waals surface area contributed by atoms with E-state index in [9.17, 15) is 14.4 Å². The SMILES string of the molecule is Cc1cn(CC(=O)N(S)S)c(=O)[nH]c1=O. The predicted molar refractivity (Wildman–Crippen MR) is 60.9 cm³/mol. The maximum Gasteiger partial charge on any atom is 0.328 e. The molecule has 1 N–H and O–H groups in total. The van der Waals surface area contributed by atoms with Gasteiger partial charge >= 0.3 is 5.69 Å². The summed E-state index contributed by atoms with van der Waals surface area (Å²) in [6.45, 7) is 1.32. The minimum absolute atomic E-state index is 0.219. The first kappa shape index (κ1) is 11.9. The van der Waals surface area contributed by atoms with Gasteiger partial charge in [-0.15, -0.1) is 0 Å². The number of nitrogens with one attached hydrogen (secondary N) is 1. The van der Waals surface area contributed by atoms with Gasteiger partial charge in [-0.3, -0.25) is 19.1 Å². The molecule has 0 unspecified atom stereocenters. The molecule has 0 aromatic carbocycles. The number of carbonyl (C=O) groups is 1. The number of thiol groups is 2. The summed E-state index contributed by atoms with van der Waals surface area (Å²) in [5.41, 5.74) is -0.743. The van der Waals surface area contributed by atoms with Crippen molar-refractivity contribution < 1.29 is 4.79 Å². The lowest BCUT2D eigenvalue weighted by Gasteiger charge is -2.08. The van der Waals surface area contributed by atoms with Gasteiger partial charge in [-0.2, -0.15) is 0 Å². The van der Waals surface area contributed by atoms with Crippen molar-refractivity contribution in [3.05, 3.63) is 32.6 Å². The molecule has 0 aliphatic carbocycles. The van der Waals surface area contributed by atoms with E-state index in [1.54, 1.807) is 6.92 Å². The van der Waals surface area contributed by atoms with Crippen LogP contribution in [0.4, 0.5) is 0 Å². The van der Waals surface area contributed by atoms with Gasteiger partial charge in [-0.05, 0) is 6.92 Å². The summed E-state index contributed by atoms with van der Waals surface area (Å²) in [7, 11) is 0. The Kier molecular flexibility index (Phi) is 3.64. The van der Waals surface area contributed by atoms with Gasteiger partial charge in [0.05, 0.1) is 0 Å². The highest BCUT2D eigenvalue weighted by Gasteiger charge is 2.09. The molecular formula is C7H9N3O3S2. The molecule has 15 heavy (non-hydrogen) atoms. The number of aromatic nitrogens is 2. The van der Waals surface area contributed by atoms with Crippen LogP contribution in [-0.2, 0) is 11.3 Å². The second-order valence-electron chi connectivity index (χ2n) is 2.88. The Hall–Kier alpha value is -1.15. The van der Waals surface area contributed by atoms with Gasteiger partial charge in [-0.25, -0.2) is 8.51 Å². The van der Waals surface area contributed by atoms with Crippen LogP contribution in [-0.4, -0.2) is 19.2 Å². The number of amides is 1. The first-order chi connectivity index (χ1) is 6.91. The number of aryl methyl sites for hydroxylation is 1. The summed E-state index contributed by atoms with van der Waals surface area (Å²) in [6.07, 6.45) is 1.31. The van der Waals surface area contributed by atoms with Gasteiger partial charge in [0.2, 0.25) is 0 Å². The number of hydrogen-bond acceptors (Lipinski definition) is 5. The molecule has 8 heteroatoms. The topological polar surface area (TPSA) is 75.2 Å². The number of H-pyrrole nitrogens is 1. The zero-order chi connectivity index (χ0) is 11.6. The average Bonchev–Trinajstić information content (AvgIpc) is 2.13. The Balaban J connectivity index is 3.07. The average molecular weight is 247 g/mol. The summed E-state index contributed by atoms with van der Waals surface area (Å²) in [5.74, 6) is -0.477. The molecular weight excluding hydrogens is 238 g/mol. The molecule has 0 spiro atoms. The Morgan fingerprint density at radius 2 is 2.13 bits per heavy atom. The van der Waals surface area contributed by atoms with Gasteiger partial charge in [0.15, 0.2) is 0 Å². The van der Waals surface area contributed by atoms with E-state index in [0.29, 0.717) is 5.56 Å². The summed E-state index contributed by atoms with van der Waals surface area (Å²) >= 11 is 7.33. The van der Waals surface area contributed by atoms with Crippen molar-refractivity contribution in [2.45, 2.75) is 13.5 Å². The molecule has 0 saturated carbocycles. The largest absolute Gasteiger partial charge is 0.328 e. The van der Waals surface area contributed by atoms with Gasteiger partial charge in [0, 0.05) is 11.8 Å². The minimum atomic E-state index is -0.637. The number of rotatable bonds is 2. The lowest BCUT2D eigenvalue weighted by Crippen LogP contribution is -2.34. The third-order valence-electron chi connectivity index (χ3n) is 1.72. The quantitative estimate of drug-likeness (QED) is 0.609. The van der Waals surface area contributed by atoms with Crippen LogP contribution in [0, 0.1) is 6.92 Å². The number of carbonyl (C=O) groups excluding carboxylic acids is 1. The zero-order valence-electron chi connectivity index (χ0n) is 7.80. The van der Waals surface area contributed by atoms with Crippen molar-refractivity contribution in [3.63, 3.8) is 0 Å². The highest BCUT2D eigenvalue weighted by Crippen LogP contribution is 1.99. The normalized spacial score (nSPS) is 10.1. The molecule has 1 heterocycles. The van der Waals surface area contributed by atoms with Crippen LogP contribution in [0.25, 0.3) is 0 Å². The van der Waals surface area contributed by atoms with Crippen molar-refractivity contribution >= 4 is 31.5 Å². The molecule has 6 nitrogen and oxygen atoms in total. The molecule has 0 radical (unpaired) electrons. The second-order valence-corrected chi connectivity index (χ2v) is 4.00. The molecule has 1 aromatic rings. The molecule has 1 rings (SSSR count). The number of hydrogen-bond donors (Lipinski definition) is 3. The third-order valence-corrected chi connectivity index (χ3v) is 2.16. The summed E-state index contributed by atoms with van der Waals surface area (Å²) in [4.78, 5) is 35.5. The molecule has 0 fully saturated rings. The first-order valence-corrected chi connectivity index (χ1v) is 4.73. The van der Waals surface area contributed by atoms with Crippen molar-refractivity contribution in [3.8, 4) is 0 Å². The predicted octanol–water partition coefficient (Wildman–Crippen LogP) is -0.637. The lowest BCUT2D eigenvalue weighted by atomic mass is 10.4. The van der Waals surface area contributed by atoms with Crippen LogP contribution in [0.15, 0.2) is 15.8 Å². The Morgan fingerprint density at radius 3 is 2.67 bits per heavy atom. The third kappa shape index (κ3) is 2.90. The lowest BCUT2D eigenvalue weighted by molar-refractivity contribution is -0.123. The van der Waals surface area contributed by atoms with Crippen molar-refractivity contribution in [2.75, 3.05) is 0 Å². The molecule has 0 saturated heterocycles. The van der Waals surface area contributed by atoms with E-state index in [2.05, 4.69) is 30.6 Å². The van der Waals surface area contributed by atoms with Crippen molar-refractivity contribution in [2.24, 2.45) is 0 Å². The summed E-state index contributed by atoms with van der Waals surface area (Å²) < 4.78 is 1.85. The van der Waals surface area contributed by atoms with Gasteiger partial charge in [0.1, 0.15) is 6.54 Å². The van der Waals surface area contributed by atoms with Crippen LogP contribution in [0.5, 0.6) is 0 Å². The van der Waals surface area contributed by atoms with E-state index in [1.807, 2.05) is 0 Å². The van der Waals surface area contributed by atoms with Crippen LogP contribution < -0.4 is 11.2 Å². The fraction of sp³-hybridized carbons (Fsp3) is 0.286. The second kappa shape index (κ2) is 4.58. The van der Waals surface area contributed by atoms with E-state index in [0.717, 1.165) is 8.28 Å². The molecule has 0 aliphatic heterocycles. The number of aromatic amines is 1. The Bertz CT molecular complexity index is 491. The van der Waals surface area contributed by atoms with Gasteiger partial charge < -0.3 is 0 Å². The molecule has 0 atom stereocenters. The maximum absolute atomic E-state index is 11.2. The van der Waals surface area contributed by atoms with Gasteiger partial charge in [-0.1, -0.05) is 25.6 Å². The fourth-order valence-corrected chi connectivity index (χ4v) is 1.07. The van der Waals surface area contributed by atoms with Crippen LogP contribution in [0.1, 0.15) is 5.56 Å². The van der Waals surface area contributed by atoms with Crippen LogP contribution in [0.2, 0.25) is 0 Å². The van der Waals surface area contributed by atoms with Gasteiger partial charge in [0.25, 0.3) is 11.5 Å². The van der Waals surface area contributed by atoms with E-state index in [1.165, 1.54) is 6.20 Å². The summed E-state index contributed by atoms with van der Waals surface area (Å²) in [5, 5.41) is 0. The smallest absolute Gasteiger partial charge is 0.291 e. The highest BCUT2D eigenvalue weighted by atomic mass is 32.2. The highest BCUT2D eigenvalue weighted by molar-refractivity contribution is 7.94. The minimum Gasteiger partial charge on any atom is -0.291 e. The van der Waals surface area contributed by atoms with E-state index >= 15 is 0 Å². The molecule has 82 valence electrons. The Morgan fingerprint density at radius 1 is 1.53 bits per heavy atom. The van der Waals surface area contributed by atoms with E-state index in [4.69, 9.17) is 0 Å². The Labute approximate surface area is 96.0 Å². The first-order valence-electron chi connectivity index (χ1n) is 3.93. The van der Waals surface area contributed by atoms with E-state index < -0.39 is 17.2 Å². The monoisotopic (exact) mass is 247 g/mol. The van der Waals surface area contributed by atoms with Crippen LogP contribution in [0.3, 0.4) is 0 Å². The van der Waals surface area contributed by atoms with E-state index in [-0.39, 0.29) is 6.54 Å². The summed E-state index contributed by atoms with van der Waals surface area (Å²) in [6, 6.07) is 0. The maximum atomic E-state index is 11.2. The zero-order valence-corrected chi connectivity index (χ0v) is 9.59. The number of nitrogens with zero attached hydrogens (tertiary/aromatic N) is 2. The van der Waals surface area contributed by atoms with Crippen LogP contribution >= 0.6 is 25.6 Å². The molecule has 1 aromatic heterocycles.